The Morgan fingerprint density at radius 3 is 2.60 bits per heavy atom. The van der Waals surface area contributed by atoms with E-state index in [1.54, 1.807) is 12.1 Å². The van der Waals surface area contributed by atoms with Gasteiger partial charge >= 0.3 is 0 Å². The first-order valence-corrected chi connectivity index (χ1v) is 3.72. The monoisotopic (exact) mass is 221 g/mol. The quantitative estimate of drug-likeness (QED) is 0.523. The number of hydrogen-bond acceptors (Lipinski definition) is 2. The van der Waals surface area contributed by atoms with Crippen LogP contribution in [0.3, 0.4) is 0 Å². The SMILES string of the molecule is Nc1ccc(Cl)c(Br)c1O. The number of aromatic hydroxyl groups is 1. The summed E-state index contributed by atoms with van der Waals surface area (Å²) in [5, 5.41) is 9.58. The van der Waals surface area contributed by atoms with E-state index in [1.807, 2.05) is 0 Å². The number of nitrogen functional groups attached to an aromatic ring is 1. The van der Waals surface area contributed by atoms with E-state index < -0.39 is 0 Å². The van der Waals surface area contributed by atoms with Gasteiger partial charge < -0.3 is 10.8 Å². The Balaban J connectivity index is 3.34. The molecular weight excluding hydrogens is 217 g/mol. The summed E-state index contributed by atoms with van der Waals surface area (Å²) in [4.78, 5) is 0. The maximum atomic E-state index is 9.13. The van der Waals surface area contributed by atoms with Gasteiger partial charge in [-0.2, -0.15) is 0 Å². The molecule has 1 rings (SSSR count). The standard InChI is InChI=1S/C6H5BrClNO/c7-5-3(8)1-2-4(9)6(5)10/h1-2,10H,9H2. The van der Waals surface area contributed by atoms with Crippen LogP contribution < -0.4 is 5.73 Å². The lowest BCUT2D eigenvalue weighted by molar-refractivity contribution is 0.474. The number of benzene rings is 1. The van der Waals surface area contributed by atoms with Gasteiger partial charge in [0.05, 0.1) is 15.2 Å². The molecule has 0 bridgehead atoms. The maximum absolute atomic E-state index is 9.13. The smallest absolute Gasteiger partial charge is 0.154 e. The molecule has 0 unspecified atom stereocenters. The minimum Gasteiger partial charge on any atom is -0.505 e. The molecule has 0 fully saturated rings. The van der Waals surface area contributed by atoms with Crippen LogP contribution in [-0.4, -0.2) is 5.11 Å². The van der Waals surface area contributed by atoms with Gasteiger partial charge in [0.1, 0.15) is 0 Å². The van der Waals surface area contributed by atoms with Crippen molar-refractivity contribution in [3.63, 3.8) is 0 Å². The summed E-state index contributed by atoms with van der Waals surface area (Å²) in [6.45, 7) is 0. The molecular formula is C6H5BrClNO. The number of phenolic OH excluding ortho intramolecular Hbond substituents is 1. The summed E-state index contributed by atoms with van der Waals surface area (Å²) in [5.41, 5.74) is 5.67. The number of anilines is 1. The first kappa shape index (κ1) is 7.69. The number of halogens is 2. The lowest BCUT2D eigenvalue weighted by Crippen LogP contribution is -1.85. The molecule has 0 aliphatic rings. The minimum atomic E-state index is -0.00694. The fraction of sp³-hybridized carbons (Fsp3) is 0. The van der Waals surface area contributed by atoms with Crippen LogP contribution >= 0.6 is 27.5 Å². The second kappa shape index (κ2) is 2.68. The molecule has 0 radical (unpaired) electrons. The van der Waals surface area contributed by atoms with Crippen molar-refractivity contribution in [2.24, 2.45) is 0 Å². The van der Waals surface area contributed by atoms with Crippen molar-refractivity contribution in [2.45, 2.75) is 0 Å². The third-order valence-corrected chi connectivity index (χ3v) is 2.45. The number of nitrogens with two attached hydrogens (primary N) is 1. The van der Waals surface area contributed by atoms with Crippen LogP contribution in [0.25, 0.3) is 0 Å². The molecule has 0 aromatic heterocycles. The van der Waals surface area contributed by atoms with Gasteiger partial charge in [-0.05, 0) is 28.1 Å². The van der Waals surface area contributed by atoms with Crippen LogP contribution in [0.1, 0.15) is 0 Å². The Morgan fingerprint density at radius 1 is 1.50 bits per heavy atom. The summed E-state index contributed by atoms with van der Waals surface area (Å²) in [6, 6.07) is 3.16. The van der Waals surface area contributed by atoms with Crippen molar-refractivity contribution < 1.29 is 5.11 Å². The van der Waals surface area contributed by atoms with E-state index in [0.29, 0.717) is 15.2 Å². The second-order valence-corrected chi connectivity index (χ2v) is 3.00. The van der Waals surface area contributed by atoms with Crippen molar-refractivity contribution in [1.29, 1.82) is 0 Å². The Kier molecular flexibility index (Phi) is 2.06. The minimum absolute atomic E-state index is 0.00694. The zero-order valence-corrected chi connectivity index (χ0v) is 7.28. The molecule has 4 heteroatoms. The van der Waals surface area contributed by atoms with Gasteiger partial charge in [0, 0.05) is 0 Å². The zero-order valence-electron chi connectivity index (χ0n) is 4.94. The molecule has 0 amide bonds. The van der Waals surface area contributed by atoms with E-state index in [2.05, 4.69) is 15.9 Å². The summed E-state index contributed by atoms with van der Waals surface area (Å²) >= 11 is 8.69. The van der Waals surface area contributed by atoms with Gasteiger partial charge in [-0.1, -0.05) is 11.6 Å². The van der Waals surface area contributed by atoms with E-state index >= 15 is 0 Å². The third kappa shape index (κ3) is 1.20. The summed E-state index contributed by atoms with van der Waals surface area (Å²) < 4.78 is 0.439. The van der Waals surface area contributed by atoms with Crippen LogP contribution in [-0.2, 0) is 0 Å². The molecule has 0 spiro atoms. The van der Waals surface area contributed by atoms with Gasteiger partial charge in [-0.3, -0.25) is 0 Å². The summed E-state index contributed by atoms with van der Waals surface area (Å²) in [5.74, 6) is -0.00694. The fourth-order valence-corrected chi connectivity index (χ4v) is 1.07. The van der Waals surface area contributed by atoms with Crippen LogP contribution in [0.4, 0.5) is 5.69 Å². The van der Waals surface area contributed by atoms with Crippen molar-refractivity contribution in [3.8, 4) is 5.75 Å². The molecule has 0 heterocycles. The zero-order chi connectivity index (χ0) is 7.72. The van der Waals surface area contributed by atoms with E-state index in [1.165, 1.54) is 0 Å². The van der Waals surface area contributed by atoms with E-state index in [4.69, 9.17) is 22.4 Å². The maximum Gasteiger partial charge on any atom is 0.154 e. The summed E-state index contributed by atoms with van der Waals surface area (Å²) in [7, 11) is 0. The van der Waals surface area contributed by atoms with Crippen LogP contribution in [0.5, 0.6) is 5.75 Å². The average molecular weight is 222 g/mol. The lowest BCUT2D eigenvalue weighted by atomic mass is 10.3. The second-order valence-electron chi connectivity index (χ2n) is 1.80. The predicted molar refractivity (Wildman–Crippen MR) is 45.2 cm³/mol. The highest BCUT2D eigenvalue weighted by atomic mass is 79.9. The largest absolute Gasteiger partial charge is 0.505 e. The van der Waals surface area contributed by atoms with E-state index in [-0.39, 0.29) is 5.75 Å². The predicted octanol–water partition coefficient (Wildman–Crippen LogP) is 2.39. The topological polar surface area (TPSA) is 46.2 Å². The van der Waals surface area contributed by atoms with E-state index in [0.717, 1.165) is 0 Å². The highest BCUT2D eigenvalue weighted by molar-refractivity contribution is 9.10. The molecule has 0 atom stereocenters. The van der Waals surface area contributed by atoms with Gasteiger partial charge in [-0.25, -0.2) is 0 Å². The Labute approximate surface area is 71.7 Å². The molecule has 0 aliphatic heterocycles. The lowest BCUT2D eigenvalue weighted by Gasteiger charge is -2.01. The van der Waals surface area contributed by atoms with Gasteiger partial charge in [-0.15, -0.1) is 0 Å². The van der Waals surface area contributed by atoms with Crippen LogP contribution in [0, 0.1) is 0 Å². The molecule has 1 aromatic carbocycles. The highest BCUT2D eigenvalue weighted by Gasteiger charge is 2.04. The normalized spacial score (nSPS) is 9.80. The first-order valence-electron chi connectivity index (χ1n) is 2.55. The van der Waals surface area contributed by atoms with Crippen molar-refractivity contribution >= 4 is 33.2 Å². The molecule has 0 saturated heterocycles. The van der Waals surface area contributed by atoms with Gasteiger partial charge in [0.15, 0.2) is 5.75 Å². The Hall–Kier alpha value is -0.410. The fourth-order valence-electron chi connectivity index (χ4n) is 0.555. The van der Waals surface area contributed by atoms with Crippen molar-refractivity contribution in [2.75, 3.05) is 5.73 Å². The molecule has 3 N–H and O–H groups in total. The van der Waals surface area contributed by atoms with E-state index in [9.17, 15) is 0 Å². The number of hydrogen-bond donors (Lipinski definition) is 2. The number of rotatable bonds is 0. The first-order chi connectivity index (χ1) is 4.63. The highest BCUT2D eigenvalue weighted by Crippen LogP contribution is 2.35. The Morgan fingerprint density at radius 2 is 2.10 bits per heavy atom. The van der Waals surface area contributed by atoms with Crippen LogP contribution in [0.2, 0.25) is 5.02 Å². The molecule has 54 valence electrons. The molecule has 0 saturated carbocycles. The van der Waals surface area contributed by atoms with Crippen molar-refractivity contribution in [3.05, 3.63) is 21.6 Å². The summed E-state index contributed by atoms with van der Waals surface area (Å²) in [6.07, 6.45) is 0. The van der Waals surface area contributed by atoms with Gasteiger partial charge in [0.2, 0.25) is 0 Å². The molecule has 10 heavy (non-hydrogen) atoms. The van der Waals surface area contributed by atoms with Gasteiger partial charge in [0.25, 0.3) is 0 Å². The molecule has 2 nitrogen and oxygen atoms in total. The average Bonchev–Trinajstić information content (AvgIpc) is 1.93. The third-order valence-electron chi connectivity index (χ3n) is 1.10. The number of phenols is 1. The van der Waals surface area contributed by atoms with Crippen LogP contribution in [0.15, 0.2) is 16.6 Å². The molecule has 1 aromatic rings. The Bertz CT molecular complexity index is 237. The molecule has 0 aliphatic carbocycles. The van der Waals surface area contributed by atoms with Crippen molar-refractivity contribution in [1.82, 2.24) is 0 Å².